The number of thiophene rings is 1. The van der Waals surface area contributed by atoms with Gasteiger partial charge in [0.2, 0.25) is 0 Å². The number of rotatable bonds is 4. The molecule has 1 aliphatic rings. The predicted molar refractivity (Wildman–Crippen MR) is 106 cm³/mol. The fraction of sp³-hybridized carbons (Fsp3) is 0.200. The second-order valence-electron chi connectivity index (χ2n) is 6.19. The molecule has 3 nitrogen and oxygen atoms in total. The third kappa shape index (κ3) is 3.30. The zero-order valence-corrected chi connectivity index (χ0v) is 15.6. The van der Waals surface area contributed by atoms with Gasteiger partial charge >= 0.3 is 0 Å². The average molecular weight is 366 g/mol. The van der Waals surface area contributed by atoms with Crippen LogP contribution in [0.5, 0.6) is 0 Å². The molecule has 0 unspecified atom stereocenters. The molecule has 4 rings (SSSR count). The van der Waals surface area contributed by atoms with Crippen molar-refractivity contribution >= 4 is 28.7 Å². The van der Waals surface area contributed by atoms with Crippen LogP contribution < -0.4 is 5.32 Å². The van der Waals surface area contributed by atoms with Gasteiger partial charge in [-0.05, 0) is 49.0 Å². The van der Waals surface area contributed by atoms with Crippen LogP contribution in [0.1, 0.15) is 33.1 Å². The van der Waals surface area contributed by atoms with E-state index in [1.807, 2.05) is 35.7 Å². The number of hydrogen-bond donors (Lipinski definition) is 1. The first kappa shape index (κ1) is 16.2. The Morgan fingerprint density at radius 2 is 1.88 bits per heavy atom. The van der Waals surface area contributed by atoms with Crippen molar-refractivity contribution in [1.29, 1.82) is 0 Å². The van der Waals surface area contributed by atoms with Crippen LogP contribution in [0, 0.1) is 6.92 Å². The number of hydrogen-bond acceptors (Lipinski definition) is 3. The lowest BCUT2D eigenvalue weighted by molar-refractivity contribution is 0.315. The predicted octanol–water partition coefficient (Wildman–Crippen LogP) is 4.62. The van der Waals surface area contributed by atoms with Gasteiger partial charge in [0.1, 0.15) is 0 Å². The van der Waals surface area contributed by atoms with Crippen LogP contribution in [0.4, 0.5) is 0 Å². The molecule has 1 N–H and O–H groups in total. The zero-order valence-electron chi connectivity index (χ0n) is 13.9. The summed E-state index contributed by atoms with van der Waals surface area (Å²) in [5.74, 6) is 0. The molecule has 0 amide bonds. The van der Waals surface area contributed by atoms with Crippen molar-refractivity contribution in [3.63, 3.8) is 0 Å². The van der Waals surface area contributed by atoms with Gasteiger partial charge in [-0.15, -0.1) is 11.3 Å². The Bertz CT molecular complexity index is 861. The van der Waals surface area contributed by atoms with E-state index in [1.54, 1.807) is 0 Å². The van der Waals surface area contributed by atoms with Gasteiger partial charge in [-0.3, -0.25) is 4.98 Å². The minimum atomic E-state index is 0.0652. The molecule has 1 saturated heterocycles. The Balaban J connectivity index is 1.72. The van der Waals surface area contributed by atoms with Crippen LogP contribution in [-0.4, -0.2) is 15.0 Å². The summed E-state index contributed by atoms with van der Waals surface area (Å²) in [6.07, 6.45) is 1.84. The third-order valence-corrected chi connectivity index (χ3v) is 5.87. The fourth-order valence-corrected chi connectivity index (χ4v) is 4.61. The van der Waals surface area contributed by atoms with E-state index in [0.29, 0.717) is 0 Å². The molecule has 0 aliphatic carbocycles. The standard InChI is InChI=1S/C20H19N3S2/c1-14-10-11-17(25-14)19-18(16-9-5-6-12-21-16)22-20(24)23(19)13-15-7-3-2-4-8-15/h2-12,18-19H,13H2,1H3,(H,22,24)/t18-,19-/m0/s1. The van der Waals surface area contributed by atoms with Crippen LogP contribution in [0.15, 0.2) is 66.9 Å². The molecule has 0 radical (unpaired) electrons. The van der Waals surface area contributed by atoms with Gasteiger partial charge in [-0.1, -0.05) is 36.4 Å². The maximum Gasteiger partial charge on any atom is 0.170 e. The summed E-state index contributed by atoms with van der Waals surface area (Å²) >= 11 is 7.52. The second kappa shape index (κ2) is 6.94. The van der Waals surface area contributed by atoms with Crippen molar-refractivity contribution in [2.45, 2.75) is 25.6 Å². The number of aromatic nitrogens is 1. The number of thiocarbonyl (C=S) groups is 1. The van der Waals surface area contributed by atoms with Crippen molar-refractivity contribution in [3.8, 4) is 0 Å². The molecule has 1 aromatic carbocycles. The molecule has 126 valence electrons. The molecule has 1 aliphatic heterocycles. The minimum Gasteiger partial charge on any atom is -0.352 e. The highest BCUT2D eigenvalue weighted by atomic mass is 32.1. The molecular weight excluding hydrogens is 346 g/mol. The van der Waals surface area contributed by atoms with E-state index in [-0.39, 0.29) is 12.1 Å². The summed E-state index contributed by atoms with van der Waals surface area (Å²) in [4.78, 5) is 9.49. The molecule has 2 aromatic heterocycles. The first-order chi connectivity index (χ1) is 12.2. The summed E-state index contributed by atoms with van der Waals surface area (Å²) in [6.45, 7) is 2.93. The van der Waals surface area contributed by atoms with E-state index >= 15 is 0 Å². The molecule has 0 spiro atoms. The fourth-order valence-electron chi connectivity index (χ4n) is 3.28. The monoisotopic (exact) mass is 365 g/mol. The molecule has 3 heterocycles. The SMILES string of the molecule is Cc1ccc([C@H]2[C@H](c3ccccn3)NC(=S)N2Cc2ccccc2)s1. The van der Waals surface area contributed by atoms with Crippen LogP contribution >= 0.6 is 23.6 Å². The lowest BCUT2D eigenvalue weighted by Crippen LogP contribution is -2.28. The van der Waals surface area contributed by atoms with Gasteiger partial charge in [0.05, 0.1) is 17.8 Å². The maximum atomic E-state index is 5.69. The normalized spacial score (nSPS) is 19.9. The molecule has 5 heteroatoms. The quantitative estimate of drug-likeness (QED) is 0.683. The van der Waals surface area contributed by atoms with Gasteiger partial charge in [0, 0.05) is 22.5 Å². The van der Waals surface area contributed by atoms with E-state index in [1.165, 1.54) is 15.3 Å². The molecule has 3 aromatic rings. The molecule has 0 saturated carbocycles. The Morgan fingerprint density at radius 1 is 1.08 bits per heavy atom. The maximum absolute atomic E-state index is 5.69. The average Bonchev–Trinajstić information content (AvgIpc) is 3.20. The Morgan fingerprint density at radius 3 is 2.56 bits per heavy atom. The number of aryl methyl sites for hydroxylation is 1. The van der Waals surface area contributed by atoms with Crippen LogP contribution in [-0.2, 0) is 6.54 Å². The first-order valence-electron chi connectivity index (χ1n) is 8.31. The Kier molecular flexibility index (Phi) is 4.51. The van der Waals surface area contributed by atoms with E-state index in [9.17, 15) is 0 Å². The van der Waals surface area contributed by atoms with E-state index in [2.05, 4.69) is 64.6 Å². The highest BCUT2D eigenvalue weighted by Gasteiger charge is 2.40. The van der Waals surface area contributed by atoms with Gasteiger partial charge in [-0.25, -0.2) is 0 Å². The molecule has 1 fully saturated rings. The van der Waals surface area contributed by atoms with Crippen molar-refractivity contribution < 1.29 is 0 Å². The molecular formula is C20H19N3S2. The number of benzene rings is 1. The molecule has 25 heavy (non-hydrogen) atoms. The van der Waals surface area contributed by atoms with Gasteiger partial charge < -0.3 is 10.2 Å². The van der Waals surface area contributed by atoms with Crippen LogP contribution in [0.25, 0.3) is 0 Å². The summed E-state index contributed by atoms with van der Waals surface area (Å²) in [6, 6.07) is 21.1. The number of nitrogens with zero attached hydrogens (tertiary/aromatic N) is 2. The van der Waals surface area contributed by atoms with Gasteiger partial charge in [-0.2, -0.15) is 0 Å². The number of nitrogens with one attached hydrogen (secondary N) is 1. The summed E-state index contributed by atoms with van der Waals surface area (Å²) in [5, 5.41) is 4.29. The Hall–Kier alpha value is -2.24. The highest BCUT2D eigenvalue weighted by molar-refractivity contribution is 7.80. The molecule has 2 atom stereocenters. The van der Waals surface area contributed by atoms with Gasteiger partial charge in [0.25, 0.3) is 0 Å². The number of pyridine rings is 1. The topological polar surface area (TPSA) is 28.2 Å². The highest BCUT2D eigenvalue weighted by Crippen LogP contribution is 2.41. The van der Waals surface area contributed by atoms with Crippen molar-refractivity contribution in [3.05, 3.63) is 87.9 Å². The second-order valence-corrected chi connectivity index (χ2v) is 7.89. The first-order valence-corrected chi connectivity index (χ1v) is 9.53. The third-order valence-electron chi connectivity index (χ3n) is 4.45. The summed E-state index contributed by atoms with van der Waals surface area (Å²) < 4.78 is 0. The summed E-state index contributed by atoms with van der Waals surface area (Å²) in [7, 11) is 0. The van der Waals surface area contributed by atoms with Crippen LogP contribution in [0.2, 0.25) is 0 Å². The van der Waals surface area contributed by atoms with Gasteiger partial charge in [0.15, 0.2) is 5.11 Å². The van der Waals surface area contributed by atoms with Crippen LogP contribution in [0.3, 0.4) is 0 Å². The lowest BCUT2D eigenvalue weighted by atomic mass is 10.0. The Labute approximate surface area is 157 Å². The van der Waals surface area contributed by atoms with Crippen molar-refractivity contribution in [2.24, 2.45) is 0 Å². The van der Waals surface area contributed by atoms with E-state index in [0.717, 1.165) is 17.4 Å². The lowest BCUT2D eigenvalue weighted by Gasteiger charge is -2.27. The van der Waals surface area contributed by atoms with E-state index < -0.39 is 0 Å². The molecule has 0 bridgehead atoms. The minimum absolute atomic E-state index is 0.0652. The summed E-state index contributed by atoms with van der Waals surface area (Å²) in [5.41, 5.74) is 2.28. The smallest absolute Gasteiger partial charge is 0.170 e. The largest absolute Gasteiger partial charge is 0.352 e. The van der Waals surface area contributed by atoms with Crippen molar-refractivity contribution in [2.75, 3.05) is 0 Å². The zero-order chi connectivity index (χ0) is 17.2. The van der Waals surface area contributed by atoms with E-state index in [4.69, 9.17) is 12.2 Å². The van der Waals surface area contributed by atoms with Crippen molar-refractivity contribution in [1.82, 2.24) is 15.2 Å².